The average molecular weight is 414 g/mol. The van der Waals surface area contributed by atoms with Crippen molar-refractivity contribution in [2.75, 3.05) is 19.6 Å². The molecule has 0 saturated carbocycles. The largest absolute Gasteiger partial charge is 0.473 e. The first kappa shape index (κ1) is 21.4. The third-order valence-corrected chi connectivity index (χ3v) is 5.48. The minimum absolute atomic E-state index is 0.188. The Morgan fingerprint density at radius 1 is 1.00 bits per heavy atom. The Kier molecular flexibility index (Phi) is 7.05. The van der Waals surface area contributed by atoms with E-state index in [2.05, 4.69) is 40.3 Å². The van der Waals surface area contributed by atoms with Crippen LogP contribution in [0.2, 0.25) is 0 Å². The normalized spacial score (nSPS) is 16.3. The molecule has 1 aromatic carbocycles. The number of nitrogens with zero attached hydrogens (tertiary/aromatic N) is 3. The van der Waals surface area contributed by atoms with Crippen LogP contribution in [0.25, 0.3) is 0 Å². The quantitative estimate of drug-likeness (QED) is 0.645. The highest BCUT2D eigenvalue weighted by molar-refractivity contribution is 6.27. The minimum atomic E-state index is -1.82. The summed E-state index contributed by atoms with van der Waals surface area (Å²) < 4.78 is 0. The topological polar surface area (TPSA) is 127 Å². The number of piperidine rings is 1. The Labute approximate surface area is 174 Å². The van der Waals surface area contributed by atoms with Crippen LogP contribution in [0.4, 0.5) is 4.79 Å². The van der Waals surface area contributed by atoms with E-state index in [1.165, 1.54) is 5.56 Å². The van der Waals surface area contributed by atoms with Gasteiger partial charge in [0.05, 0.1) is 24.3 Å². The number of aromatic nitrogens is 2. The van der Waals surface area contributed by atoms with E-state index in [0.717, 1.165) is 56.7 Å². The summed E-state index contributed by atoms with van der Waals surface area (Å²) in [7, 11) is 0. The third kappa shape index (κ3) is 5.59. The Morgan fingerprint density at radius 2 is 1.67 bits per heavy atom. The predicted octanol–water partition coefficient (Wildman–Crippen LogP) is 2.00. The van der Waals surface area contributed by atoms with Crippen molar-refractivity contribution in [3.8, 4) is 0 Å². The van der Waals surface area contributed by atoms with E-state index in [9.17, 15) is 4.79 Å². The molecule has 3 heterocycles. The number of aromatic amines is 1. The molecule has 4 rings (SSSR count). The zero-order chi connectivity index (χ0) is 21.5. The van der Waals surface area contributed by atoms with E-state index >= 15 is 0 Å². The highest BCUT2D eigenvalue weighted by Gasteiger charge is 2.29. The van der Waals surface area contributed by atoms with Crippen LogP contribution in [-0.2, 0) is 29.0 Å². The van der Waals surface area contributed by atoms with Crippen molar-refractivity contribution in [3.63, 3.8) is 0 Å². The highest BCUT2D eigenvalue weighted by atomic mass is 16.4. The molecule has 1 fully saturated rings. The molecule has 9 nitrogen and oxygen atoms in total. The van der Waals surface area contributed by atoms with E-state index in [0.29, 0.717) is 12.5 Å². The van der Waals surface area contributed by atoms with Gasteiger partial charge in [-0.3, -0.25) is 0 Å². The Balaban J connectivity index is 0.000000377. The first-order valence-corrected chi connectivity index (χ1v) is 9.99. The number of urea groups is 1. The van der Waals surface area contributed by atoms with Gasteiger partial charge in [0.2, 0.25) is 0 Å². The van der Waals surface area contributed by atoms with Crippen LogP contribution in [-0.4, -0.2) is 67.6 Å². The number of hydrogen-bond donors (Lipinski definition) is 3. The van der Waals surface area contributed by atoms with Gasteiger partial charge >= 0.3 is 18.0 Å². The first-order chi connectivity index (χ1) is 14.4. The number of imidazole rings is 1. The maximum Gasteiger partial charge on any atom is 0.414 e. The number of carbonyl (C=O) groups excluding carboxylic acids is 1. The molecular weight excluding hydrogens is 388 g/mol. The molecule has 1 saturated heterocycles. The van der Waals surface area contributed by atoms with E-state index < -0.39 is 11.9 Å². The molecule has 1 aromatic heterocycles. The molecular formula is C21H26N4O5. The molecule has 9 heteroatoms. The number of H-pyrrole nitrogens is 1. The molecule has 0 spiro atoms. The molecule has 160 valence electrons. The summed E-state index contributed by atoms with van der Waals surface area (Å²) in [6.07, 6.45) is 5.92. The van der Waals surface area contributed by atoms with Crippen molar-refractivity contribution in [2.45, 2.75) is 32.2 Å². The molecule has 0 unspecified atom stereocenters. The van der Waals surface area contributed by atoms with Gasteiger partial charge < -0.3 is 25.0 Å². The molecule has 2 aliphatic heterocycles. The van der Waals surface area contributed by atoms with Crippen LogP contribution in [0, 0.1) is 5.92 Å². The summed E-state index contributed by atoms with van der Waals surface area (Å²) >= 11 is 0. The lowest BCUT2D eigenvalue weighted by molar-refractivity contribution is -0.159. The van der Waals surface area contributed by atoms with Gasteiger partial charge in [-0.05, 0) is 30.7 Å². The summed E-state index contributed by atoms with van der Waals surface area (Å²) in [5.74, 6) is -2.96. The van der Waals surface area contributed by atoms with Crippen LogP contribution in [0.1, 0.15) is 29.8 Å². The fourth-order valence-corrected chi connectivity index (χ4v) is 3.85. The second kappa shape index (κ2) is 9.91. The van der Waals surface area contributed by atoms with Crippen LogP contribution >= 0.6 is 0 Å². The number of benzene rings is 1. The van der Waals surface area contributed by atoms with Gasteiger partial charge in [-0.15, -0.1) is 0 Å². The Hall–Kier alpha value is -3.36. The second-order valence-electron chi connectivity index (χ2n) is 7.51. The van der Waals surface area contributed by atoms with E-state index in [1.807, 2.05) is 9.80 Å². The predicted molar refractivity (Wildman–Crippen MR) is 108 cm³/mol. The van der Waals surface area contributed by atoms with Crippen molar-refractivity contribution in [1.29, 1.82) is 0 Å². The Bertz CT molecular complexity index is 863. The van der Waals surface area contributed by atoms with Crippen molar-refractivity contribution in [2.24, 2.45) is 5.92 Å². The fourth-order valence-electron chi connectivity index (χ4n) is 3.85. The van der Waals surface area contributed by atoms with Gasteiger partial charge in [0.1, 0.15) is 0 Å². The summed E-state index contributed by atoms with van der Waals surface area (Å²) in [5.41, 5.74) is 3.61. The number of carboxylic acid groups (broad SMARTS) is 2. The van der Waals surface area contributed by atoms with Crippen molar-refractivity contribution < 1.29 is 24.6 Å². The van der Waals surface area contributed by atoms with Crippen LogP contribution in [0.3, 0.4) is 0 Å². The standard InChI is InChI=1S/C19H24N4O.C2H2O4/c24-19(23-11-8-17-18(13-23)21-14-20-17)22-9-6-16(7-10-22)12-15-4-2-1-3-5-15;3-1(4)2(5)6/h1-5,14,16H,6-13H2,(H,20,21);(H,3,4)(H,5,6). The molecule has 2 amide bonds. The number of likely N-dealkylation sites (tertiary alicyclic amines) is 1. The molecule has 30 heavy (non-hydrogen) atoms. The van der Waals surface area contributed by atoms with Crippen LogP contribution < -0.4 is 0 Å². The summed E-state index contributed by atoms with van der Waals surface area (Å²) in [4.78, 5) is 42.4. The van der Waals surface area contributed by atoms with E-state index in [-0.39, 0.29) is 6.03 Å². The number of aliphatic carboxylic acids is 2. The van der Waals surface area contributed by atoms with Gasteiger partial charge in [0.15, 0.2) is 0 Å². The molecule has 0 atom stereocenters. The zero-order valence-electron chi connectivity index (χ0n) is 16.7. The maximum atomic E-state index is 12.8. The second-order valence-corrected chi connectivity index (χ2v) is 7.51. The smallest absolute Gasteiger partial charge is 0.414 e. The monoisotopic (exact) mass is 414 g/mol. The number of carboxylic acids is 2. The lowest BCUT2D eigenvalue weighted by Gasteiger charge is -2.37. The van der Waals surface area contributed by atoms with Crippen LogP contribution in [0.5, 0.6) is 0 Å². The number of nitrogens with one attached hydrogen (secondary N) is 1. The Morgan fingerprint density at radius 3 is 2.30 bits per heavy atom. The van der Waals surface area contributed by atoms with Crippen LogP contribution in [0.15, 0.2) is 36.7 Å². The fraction of sp³-hybridized carbons (Fsp3) is 0.429. The van der Waals surface area contributed by atoms with Gasteiger partial charge in [0.25, 0.3) is 0 Å². The molecule has 2 aromatic rings. The summed E-state index contributed by atoms with van der Waals surface area (Å²) in [6, 6.07) is 10.9. The van der Waals surface area contributed by atoms with Crippen molar-refractivity contribution in [1.82, 2.24) is 19.8 Å². The third-order valence-electron chi connectivity index (χ3n) is 5.48. The number of amides is 2. The highest BCUT2D eigenvalue weighted by Crippen LogP contribution is 2.24. The number of hydrogen-bond acceptors (Lipinski definition) is 4. The van der Waals surface area contributed by atoms with Gasteiger partial charge in [-0.2, -0.15) is 0 Å². The van der Waals surface area contributed by atoms with Gasteiger partial charge in [-0.1, -0.05) is 30.3 Å². The number of carbonyl (C=O) groups is 3. The van der Waals surface area contributed by atoms with Gasteiger partial charge in [0, 0.05) is 26.1 Å². The van der Waals surface area contributed by atoms with Crippen molar-refractivity contribution >= 4 is 18.0 Å². The molecule has 3 N–H and O–H groups in total. The molecule has 0 bridgehead atoms. The summed E-state index contributed by atoms with van der Waals surface area (Å²) in [5, 5.41) is 14.8. The molecule has 0 aliphatic carbocycles. The lowest BCUT2D eigenvalue weighted by Crippen LogP contribution is -2.48. The maximum absolute atomic E-state index is 12.8. The summed E-state index contributed by atoms with van der Waals surface area (Å²) in [6.45, 7) is 3.20. The van der Waals surface area contributed by atoms with E-state index in [1.54, 1.807) is 6.33 Å². The van der Waals surface area contributed by atoms with E-state index in [4.69, 9.17) is 19.8 Å². The number of fused-ring (bicyclic) bond motifs is 1. The van der Waals surface area contributed by atoms with Gasteiger partial charge in [-0.25, -0.2) is 19.4 Å². The average Bonchev–Trinajstić information content (AvgIpc) is 3.23. The SMILES string of the molecule is O=C(N1CCC(Cc2ccccc2)CC1)N1CCc2nc[nH]c2C1.O=C(O)C(=O)O. The van der Waals surface area contributed by atoms with Crippen molar-refractivity contribution in [3.05, 3.63) is 53.6 Å². The number of rotatable bonds is 2. The molecule has 0 radical (unpaired) electrons. The molecule has 2 aliphatic rings. The first-order valence-electron chi connectivity index (χ1n) is 9.99. The zero-order valence-corrected chi connectivity index (χ0v) is 16.7. The lowest BCUT2D eigenvalue weighted by atomic mass is 9.90. The minimum Gasteiger partial charge on any atom is -0.473 e.